The molecular formula is C21H17F3N2S. The molecule has 138 valence electrons. The number of hydrogen-bond donors (Lipinski definition) is 1. The lowest BCUT2D eigenvalue weighted by atomic mass is 10.1. The molecule has 4 rings (SSSR count). The zero-order valence-electron chi connectivity index (χ0n) is 14.8. The van der Waals surface area contributed by atoms with Crippen molar-refractivity contribution < 1.29 is 13.2 Å². The smallest absolute Gasteiger partial charge is 0.378 e. The number of rotatable bonds is 3. The lowest BCUT2D eigenvalue weighted by Crippen LogP contribution is -2.07. The lowest BCUT2D eigenvalue weighted by Gasteiger charge is -2.12. The Balaban J connectivity index is 1.70. The number of aromatic amines is 1. The molecule has 4 aromatic rings. The minimum atomic E-state index is -4.32. The lowest BCUT2D eigenvalue weighted by molar-refractivity contribution is -0.137. The Hall–Kier alpha value is -2.73. The number of anilines is 1. The number of hydrogen-bond acceptors (Lipinski definition) is 2. The van der Waals surface area contributed by atoms with Gasteiger partial charge in [0.1, 0.15) is 0 Å². The van der Waals surface area contributed by atoms with E-state index < -0.39 is 11.7 Å². The third kappa shape index (κ3) is 3.32. The van der Waals surface area contributed by atoms with Gasteiger partial charge in [-0.1, -0.05) is 24.3 Å². The zero-order chi connectivity index (χ0) is 19.2. The molecule has 2 nitrogen and oxygen atoms in total. The fraction of sp³-hybridized carbons (Fsp3) is 0.143. The van der Waals surface area contributed by atoms with Crippen molar-refractivity contribution in [2.45, 2.75) is 6.18 Å². The molecule has 0 unspecified atom stereocenters. The summed E-state index contributed by atoms with van der Waals surface area (Å²) < 4.78 is 39.4. The number of benzene rings is 2. The van der Waals surface area contributed by atoms with E-state index in [0.717, 1.165) is 49.6 Å². The van der Waals surface area contributed by atoms with Crippen LogP contribution in [0, 0.1) is 0 Å². The summed E-state index contributed by atoms with van der Waals surface area (Å²) in [7, 11) is 4.00. The first-order valence-electron chi connectivity index (χ1n) is 8.39. The fourth-order valence-electron chi connectivity index (χ4n) is 3.03. The van der Waals surface area contributed by atoms with Gasteiger partial charge in [0.15, 0.2) is 0 Å². The Morgan fingerprint density at radius 2 is 1.52 bits per heavy atom. The number of H-pyrrole nitrogens is 1. The summed E-state index contributed by atoms with van der Waals surface area (Å²) in [5.74, 6) is 0. The highest BCUT2D eigenvalue weighted by atomic mass is 32.1. The second kappa shape index (κ2) is 6.46. The Kier molecular flexibility index (Phi) is 4.23. The van der Waals surface area contributed by atoms with Crippen LogP contribution in [0.5, 0.6) is 0 Å². The van der Waals surface area contributed by atoms with Crippen molar-refractivity contribution in [1.82, 2.24) is 4.98 Å². The maximum absolute atomic E-state index is 12.8. The fourth-order valence-corrected chi connectivity index (χ4v) is 4.20. The van der Waals surface area contributed by atoms with Crippen LogP contribution in [0.2, 0.25) is 0 Å². The third-order valence-corrected chi connectivity index (χ3v) is 5.76. The summed E-state index contributed by atoms with van der Waals surface area (Å²) in [5.41, 5.74) is 4.29. The maximum Gasteiger partial charge on any atom is 0.416 e. The number of fused-ring (bicyclic) bond motifs is 1. The number of thiophene rings is 1. The first kappa shape index (κ1) is 17.7. The van der Waals surface area contributed by atoms with Gasteiger partial charge in [-0.2, -0.15) is 13.2 Å². The van der Waals surface area contributed by atoms with Crippen LogP contribution in [-0.2, 0) is 6.18 Å². The van der Waals surface area contributed by atoms with Crippen LogP contribution in [0.4, 0.5) is 18.9 Å². The van der Waals surface area contributed by atoms with E-state index in [9.17, 15) is 13.2 Å². The Labute approximate surface area is 158 Å². The maximum atomic E-state index is 12.8. The van der Waals surface area contributed by atoms with Crippen LogP contribution >= 0.6 is 11.3 Å². The second-order valence-corrected chi connectivity index (χ2v) is 7.62. The molecule has 0 saturated heterocycles. The van der Waals surface area contributed by atoms with Crippen molar-refractivity contribution in [1.29, 1.82) is 0 Å². The van der Waals surface area contributed by atoms with Crippen molar-refractivity contribution in [3.8, 4) is 21.6 Å². The quantitative estimate of drug-likeness (QED) is 0.418. The molecule has 2 aromatic heterocycles. The minimum absolute atomic E-state index is 0.633. The molecule has 1 N–H and O–H groups in total. The van der Waals surface area contributed by atoms with Gasteiger partial charge in [0.25, 0.3) is 0 Å². The molecule has 0 bridgehead atoms. The van der Waals surface area contributed by atoms with Crippen molar-refractivity contribution >= 4 is 27.2 Å². The normalized spacial score (nSPS) is 11.9. The molecule has 2 aromatic carbocycles. The molecule has 6 heteroatoms. The Morgan fingerprint density at radius 1 is 0.889 bits per heavy atom. The Morgan fingerprint density at radius 3 is 2.11 bits per heavy atom. The highest BCUT2D eigenvalue weighted by Gasteiger charge is 2.30. The summed E-state index contributed by atoms with van der Waals surface area (Å²) >= 11 is 1.64. The van der Waals surface area contributed by atoms with E-state index in [1.165, 1.54) is 12.1 Å². The van der Waals surface area contributed by atoms with Gasteiger partial charge in [-0.25, -0.2) is 0 Å². The first-order valence-corrected chi connectivity index (χ1v) is 9.21. The van der Waals surface area contributed by atoms with Gasteiger partial charge in [-0.15, -0.1) is 11.3 Å². The molecule has 0 aliphatic carbocycles. The monoisotopic (exact) mass is 386 g/mol. The number of nitrogens with one attached hydrogen (secondary N) is 1. The molecule has 0 atom stereocenters. The van der Waals surface area contributed by atoms with Crippen molar-refractivity contribution in [2.24, 2.45) is 0 Å². The molecule has 27 heavy (non-hydrogen) atoms. The standard InChI is InChI=1S/C21H17F3N2S/c1-26(2)16-9-5-14(6-10-16)19-11-18-20(27-19)17(12-25-18)13-3-7-15(8-4-13)21(22,23)24/h3-12,25H,1-2H3. The number of nitrogens with zero attached hydrogens (tertiary/aromatic N) is 1. The molecule has 0 aliphatic heterocycles. The molecular weight excluding hydrogens is 369 g/mol. The molecule has 0 fully saturated rings. The number of aromatic nitrogens is 1. The summed E-state index contributed by atoms with van der Waals surface area (Å²) in [4.78, 5) is 6.40. The molecule has 0 aliphatic rings. The summed E-state index contributed by atoms with van der Waals surface area (Å²) in [6.45, 7) is 0. The van der Waals surface area contributed by atoms with E-state index in [1.54, 1.807) is 11.3 Å². The second-order valence-electron chi connectivity index (χ2n) is 6.57. The number of alkyl halides is 3. The summed E-state index contributed by atoms with van der Waals surface area (Å²) in [5, 5.41) is 0. The van der Waals surface area contributed by atoms with Gasteiger partial charge in [0.05, 0.1) is 15.8 Å². The number of halogens is 3. The van der Waals surface area contributed by atoms with Crippen molar-refractivity contribution in [3.63, 3.8) is 0 Å². The topological polar surface area (TPSA) is 19.0 Å². The van der Waals surface area contributed by atoms with Gasteiger partial charge in [-0.05, 0) is 41.5 Å². The van der Waals surface area contributed by atoms with E-state index in [1.807, 2.05) is 25.2 Å². The van der Waals surface area contributed by atoms with Crippen LogP contribution in [0.25, 0.3) is 31.8 Å². The predicted octanol–water partition coefficient (Wildman–Crippen LogP) is 6.65. The highest BCUT2D eigenvalue weighted by molar-refractivity contribution is 7.22. The SMILES string of the molecule is CN(C)c1ccc(-c2cc3[nH]cc(-c4ccc(C(F)(F)F)cc4)c3s2)cc1. The van der Waals surface area contributed by atoms with Gasteiger partial charge in [0, 0.05) is 36.4 Å². The molecule has 0 radical (unpaired) electrons. The van der Waals surface area contributed by atoms with Crippen LogP contribution in [0.3, 0.4) is 0 Å². The van der Waals surface area contributed by atoms with Crippen LogP contribution < -0.4 is 4.90 Å². The molecule has 0 spiro atoms. The van der Waals surface area contributed by atoms with Gasteiger partial charge >= 0.3 is 6.18 Å². The molecule has 0 saturated carbocycles. The average molecular weight is 386 g/mol. The predicted molar refractivity (Wildman–Crippen MR) is 106 cm³/mol. The average Bonchev–Trinajstić information content (AvgIpc) is 3.22. The van der Waals surface area contributed by atoms with Crippen LogP contribution in [-0.4, -0.2) is 19.1 Å². The largest absolute Gasteiger partial charge is 0.416 e. The minimum Gasteiger partial charge on any atom is -0.378 e. The van der Waals surface area contributed by atoms with Crippen LogP contribution in [0.15, 0.2) is 60.8 Å². The van der Waals surface area contributed by atoms with E-state index >= 15 is 0 Å². The third-order valence-electron chi connectivity index (χ3n) is 4.54. The van der Waals surface area contributed by atoms with E-state index in [0.29, 0.717) is 0 Å². The van der Waals surface area contributed by atoms with Gasteiger partial charge in [0.2, 0.25) is 0 Å². The Bertz CT molecular complexity index is 1070. The van der Waals surface area contributed by atoms with Gasteiger partial charge in [-0.3, -0.25) is 0 Å². The van der Waals surface area contributed by atoms with Crippen LogP contribution in [0.1, 0.15) is 5.56 Å². The van der Waals surface area contributed by atoms with E-state index in [4.69, 9.17) is 0 Å². The van der Waals surface area contributed by atoms with Crippen molar-refractivity contribution in [2.75, 3.05) is 19.0 Å². The van der Waals surface area contributed by atoms with E-state index in [-0.39, 0.29) is 0 Å². The highest BCUT2D eigenvalue weighted by Crippen LogP contribution is 2.40. The van der Waals surface area contributed by atoms with Gasteiger partial charge < -0.3 is 9.88 Å². The zero-order valence-corrected chi connectivity index (χ0v) is 15.6. The van der Waals surface area contributed by atoms with Crippen molar-refractivity contribution in [3.05, 3.63) is 66.4 Å². The first-order chi connectivity index (χ1) is 12.8. The summed E-state index contributed by atoms with van der Waals surface area (Å²) in [6.07, 6.45) is -2.47. The van der Waals surface area contributed by atoms with E-state index in [2.05, 4.69) is 35.3 Å². The molecule has 0 amide bonds. The summed E-state index contributed by atoms with van der Waals surface area (Å²) in [6, 6.07) is 15.7. The molecule has 2 heterocycles.